The molecule has 37 heavy (non-hydrogen) atoms. The van der Waals surface area contributed by atoms with Crippen LogP contribution in [0.2, 0.25) is 0 Å². The van der Waals surface area contributed by atoms with Gasteiger partial charge in [-0.2, -0.15) is 0 Å². The topological polar surface area (TPSA) is 60.8 Å². The van der Waals surface area contributed by atoms with Crippen molar-refractivity contribution >= 4 is 0 Å². The fourth-order valence-corrected chi connectivity index (χ4v) is 4.83. The second-order valence-corrected chi connectivity index (χ2v) is 8.83. The minimum Gasteiger partial charge on any atom is -0.507 e. The number of benzene rings is 4. The van der Waals surface area contributed by atoms with Gasteiger partial charge in [0.15, 0.2) is 6.10 Å². The molecule has 5 aromatic rings. The van der Waals surface area contributed by atoms with E-state index < -0.39 is 0 Å². The van der Waals surface area contributed by atoms with Crippen LogP contribution in [0.15, 0.2) is 103 Å². The molecule has 0 amide bonds. The van der Waals surface area contributed by atoms with E-state index in [9.17, 15) is 5.11 Å². The van der Waals surface area contributed by atoms with Crippen LogP contribution >= 0.6 is 0 Å². The zero-order chi connectivity index (χ0) is 25.4. The van der Waals surface area contributed by atoms with E-state index >= 15 is 0 Å². The fourth-order valence-electron chi connectivity index (χ4n) is 4.83. The third kappa shape index (κ3) is 4.04. The number of fused-ring (bicyclic) bond motifs is 3. The number of para-hydroxylation sites is 2. The smallest absolute Gasteiger partial charge is 0.152 e. The summed E-state index contributed by atoms with van der Waals surface area (Å²) in [6, 6.07) is 33.1. The average molecular weight is 488 g/mol. The third-order valence-electron chi connectivity index (χ3n) is 6.71. The first-order valence-electron chi connectivity index (χ1n) is 12.0. The van der Waals surface area contributed by atoms with Gasteiger partial charge in [-0.1, -0.05) is 48.5 Å². The minimum absolute atomic E-state index is 0.183. The van der Waals surface area contributed by atoms with Crippen LogP contribution in [0.5, 0.6) is 23.0 Å². The highest BCUT2D eigenvalue weighted by Gasteiger charge is 2.32. The van der Waals surface area contributed by atoms with E-state index in [2.05, 4.69) is 0 Å². The van der Waals surface area contributed by atoms with Crippen molar-refractivity contribution in [2.75, 3.05) is 14.2 Å². The number of ether oxygens (including phenoxy) is 3. The van der Waals surface area contributed by atoms with Crippen LogP contribution < -0.4 is 14.2 Å². The van der Waals surface area contributed by atoms with Gasteiger partial charge < -0.3 is 19.3 Å². The van der Waals surface area contributed by atoms with Crippen molar-refractivity contribution < 1.29 is 19.3 Å². The first kappa shape index (κ1) is 22.7. The van der Waals surface area contributed by atoms with Crippen LogP contribution in [0, 0.1) is 0 Å². The molecule has 0 saturated heterocycles. The Morgan fingerprint density at radius 1 is 0.703 bits per heavy atom. The zero-order valence-corrected chi connectivity index (χ0v) is 20.5. The number of aromatic nitrogens is 1. The van der Waals surface area contributed by atoms with Crippen LogP contribution in [0.3, 0.4) is 0 Å². The van der Waals surface area contributed by atoms with Gasteiger partial charge in [-0.3, -0.25) is 0 Å². The van der Waals surface area contributed by atoms with Crippen LogP contribution in [0.25, 0.3) is 33.6 Å². The summed E-state index contributed by atoms with van der Waals surface area (Å²) in [6.07, 6.45) is -0.390. The highest BCUT2D eigenvalue weighted by Crippen LogP contribution is 2.49. The lowest BCUT2D eigenvalue weighted by Crippen LogP contribution is -2.18. The van der Waals surface area contributed by atoms with Crippen LogP contribution in [0.1, 0.15) is 17.2 Å². The number of pyridine rings is 1. The maximum Gasteiger partial charge on any atom is 0.152 e. The molecular formula is C32H25NO4. The van der Waals surface area contributed by atoms with Crippen molar-refractivity contribution in [1.82, 2.24) is 4.98 Å². The number of hydrogen-bond donors (Lipinski definition) is 1. The highest BCUT2D eigenvalue weighted by atomic mass is 16.5. The maximum absolute atomic E-state index is 10.7. The summed E-state index contributed by atoms with van der Waals surface area (Å²) in [5, 5.41) is 10.7. The number of nitrogens with zero attached hydrogens (tertiary/aromatic N) is 1. The van der Waals surface area contributed by atoms with Gasteiger partial charge in [0.1, 0.15) is 23.0 Å². The minimum atomic E-state index is -0.390. The van der Waals surface area contributed by atoms with Crippen molar-refractivity contribution in [3.05, 3.63) is 114 Å². The van der Waals surface area contributed by atoms with Gasteiger partial charge in [-0.15, -0.1) is 0 Å². The number of phenols is 1. The quantitative estimate of drug-likeness (QED) is 0.282. The number of hydrogen-bond acceptors (Lipinski definition) is 5. The molecule has 5 heteroatoms. The highest BCUT2D eigenvalue weighted by molar-refractivity contribution is 5.86. The van der Waals surface area contributed by atoms with Crippen molar-refractivity contribution in [1.29, 1.82) is 0 Å². The monoisotopic (exact) mass is 487 g/mol. The Kier molecular flexibility index (Phi) is 5.73. The average Bonchev–Trinajstić information content (AvgIpc) is 2.96. The summed E-state index contributed by atoms with van der Waals surface area (Å²) >= 11 is 0. The normalized spacial score (nSPS) is 13.7. The summed E-state index contributed by atoms with van der Waals surface area (Å²) in [5.41, 5.74) is 7.02. The lowest BCUT2D eigenvalue weighted by Gasteiger charge is -2.31. The predicted molar refractivity (Wildman–Crippen MR) is 144 cm³/mol. The van der Waals surface area contributed by atoms with Crippen LogP contribution in [0.4, 0.5) is 0 Å². The molecule has 182 valence electrons. The van der Waals surface area contributed by atoms with Crippen molar-refractivity contribution in [3.8, 4) is 56.6 Å². The van der Waals surface area contributed by atoms with E-state index in [-0.39, 0.29) is 11.9 Å². The largest absolute Gasteiger partial charge is 0.507 e. The van der Waals surface area contributed by atoms with E-state index in [1.807, 2.05) is 97.1 Å². The number of aromatic hydroxyl groups is 1. The predicted octanol–water partition coefficient (Wildman–Crippen LogP) is 7.29. The Bertz CT molecular complexity index is 1580. The van der Waals surface area contributed by atoms with E-state index in [4.69, 9.17) is 19.2 Å². The SMILES string of the molecule is COc1ccc(-c2cc(-c3ccccc3O)nc3c2C(c2ccc(OC)cc2)Oc2ccccc2-3)cc1. The molecule has 0 spiro atoms. The fraction of sp³-hybridized carbons (Fsp3) is 0.0938. The van der Waals surface area contributed by atoms with Gasteiger partial charge in [0.25, 0.3) is 0 Å². The Hall–Kier alpha value is -4.77. The molecule has 1 N–H and O–H groups in total. The van der Waals surface area contributed by atoms with Gasteiger partial charge in [-0.25, -0.2) is 4.98 Å². The van der Waals surface area contributed by atoms with Crippen LogP contribution in [-0.4, -0.2) is 24.3 Å². The summed E-state index contributed by atoms with van der Waals surface area (Å²) in [7, 11) is 3.31. The molecule has 0 aliphatic carbocycles. The summed E-state index contributed by atoms with van der Waals surface area (Å²) in [5.74, 6) is 2.51. The first-order valence-corrected chi connectivity index (χ1v) is 12.0. The first-order chi connectivity index (χ1) is 18.2. The molecule has 5 nitrogen and oxygen atoms in total. The molecule has 0 bridgehead atoms. The Morgan fingerprint density at radius 2 is 1.32 bits per heavy atom. The summed E-state index contributed by atoms with van der Waals surface area (Å²) in [6.45, 7) is 0. The Morgan fingerprint density at radius 3 is 2.00 bits per heavy atom. The van der Waals surface area contributed by atoms with Gasteiger partial charge in [0.05, 0.1) is 25.6 Å². The van der Waals surface area contributed by atoms with Crippen molar-refractivity contribution in [3.63, 3.8) is 0 Å². The molecule has 2 heterocycles. The van der Waals surface area contributed by atoms with E-state index in [0.29, 0.717) is 11.3 Å². The Balaban J connectivity index is 1.65. The van der Waals surface area contributed by atoms with E-state index in [1.165, 1.54) is 0 Å². The molecular weight excluding hydrogens is 462 g/mol. The molecule has 0 saturated carbocycles. The molecule has 0 radical (unpaired) electrons. The molecule has 1 aliphatic rings. The van der Waals surface area contributed by atoms with Gasteiger partial charge in [-0.05, 0) is 71.3 Å². The lowest BCUT2D eigenvalue weighted by atomic mass is 9.86. The van der Waals surface area contributed by atoms with Gasteiger partial charge >= 0.3 is 0 Å². The van der Waals surface area contributed by atoms with Crippen molar-refractivity contribution in [2.45, 2.75) is 6.10 Å². The number of methoxy groups -OCH3 is 2. The third-order valence-corrected chi connectivity index (χ3v) is 6.71. The molecule has 1 unspecified atom stereocenters. The van der Waals surface area contributed by atoms with Gasteiger partial charge in [0.2, 0.25) is 0 Å². The molecule has 1 atom stereocenters. The molecule has 6 rings (SSSR count). The number of phenolic OH excluding ortho intramolecular Hbond substituents is 1. The molecule has 1 aromatic heterocycles. The summed E-state index contributed by atoms with van der Waals surface area (Å²) < 4.78 is 17.4. The van der Waals surface area contributed by atoms with E-state index in [0.717, 1.165) is 50.8 Å². The van der Waals surface area contributed by atoms with E-state index in [1.54, 1.807) is 20.3 Å². The van der Waals surface area contributed by atoms with Gasteiger partial charge in [0, 0.05) is 16.7 Å². The Labute approximate surface area is 215 Å². The lowest BCUT2D eigenvalue weighted by molar-refractivity contribution is 0.243. The molecule has 0 fully saturated rings. The second kappa shape index (κ2) is 9.36. The number of rotatable bonds is 5. The van der Waals surface area contributed by atoms with Crippen molar-refractivity contribution in [2.24, 2.45) is 0 Å². The zero-order valence-electron chi connectivity index (χ0n) is 20.5. The molecule has 1 aliphatic heterocycles. The molecule has 4 aromatic carbocycles. The standard InChI is InChI=1S/C32H25NO4/c1-35-22-15-11-20(12-16-22)26-19-27(24-7-3-5-9-28(24)34)33-31-25-8-4-6-10-29(25)37-32(30(26)31)21-13-17-23(36-2)18-14-21/h3-19,32,34H,1-2H3. The maximum atomic E-state index is 10.7. The van der Waals surface area contributed by atoms with Crippen LogP contribution in [-0.2, 0) is 0 Å². The summed E-state index contributed by atoms with van der Waals surface area (Å²) in [4.78, 5) is 5.13. The second-order valence-electron chi connectivity index (χ2n) is 8.83.